The fourth-order valence-electron chi connectivity index (χ4n) is 2.65. The van der Waals surface area contributed by atoms with Crippen LogP contribution in [0.2, 0.25) is 0 Å². The predicted molar refractivity (Wildman–Crippen MR) is 77.7 cm³/mol. The molecular weight excluding hydrogens is 258 g/mol. The molecule has 1 unspecified atom stereocenters. The first-order valence-electron chi connectivity index (χ1n) is 7.23. The zero-order valence-corrected chi connectivity index (χ0v) is 13.0. The van der Waals surface area contributed by atoms with E-state index in [0.29, 0.717) is 5.92 Å². The Morgan fingerprint density at radius 1 is 1.40 bits per heavy atom. The number of amides is 2. The zero-order chi connectivity index (χ0) is 15.3. The van der Waals surface area contributed by atoms with Gasteiger partial charge < -0.3 is 19.8 Å². The Labute approximate surface area is 121 Å². The second kappa shape index (κ2) is 7.47. The van der Waals surface area contributed by atoms with Crippen LogP contribution in [0, 0.1) is 5.92 Å². The fraction of sp³-hybridized carbons (Fsp3) is 0.857. The van der Waals surface area contributed by atoms with Crippen LogP contribution in [-0.4, -0.2) is 78.1 Å². The summed E-state index contributed by atoms with van der Waals surface area (Å²) in [6, 6.07) is -0.0636. The van der Waals surface area contributed by atoms with Crippen molar-refractivity contribution in [2.75, 3.05) is 40.3 Å². The van der Waals surface area contributed by atoms with Crippen molar-refractivity contribution in [3.05, 3.63) is 0 Å². The molecule has 6 heteroatoms. The molecule has 1 fully saturated rings. The third kappa shape index (κ3) is 5.00. The van der Waals surface area contributed by atoms with Gasteiger partial charge in [0, 0.05) is 32.7 Å². The number of carboxylic acid groups (broad SMARTS) is 1. The third-order valence-corrected chi connectivity index (χ3v) is 3.78. The summed E-state index contributed by atoms with van der Waals surface area (Å²) in [7, 11) is 3.89. The first-order chi connectivity index (χ1) is 9.31. The Morgan fingerprint density at radius 3 is 2.50 bits per heavy atom. The Morgan fingerprint density at radius 2 is 2.05 bits per heavy atom. The molecule has 0 radical (unpaired) electrons. The van der Waals surface area contributed by atoms with E-state index in [4.69, 9.17) is 5.11 Å². The average Bonchev–Trinajstić information content (AvgIpc) is 2.73. The van der Waals surface area contributed by atoms with Gasteiger partial charge in [-0.2, -0.15) is 0 Å². The lowest BCUT2D eigenvalue weighted by Gasteiger charge is -2.32. The number of hydrogen-bond donors (Lipinski definition) is 1. The van der Waals surface area contributed by atoms with Crippen LogP contribution >= 0.6 is 0 Å². The highest BCUT2D eigenvalue weighted by Gasteiger charge is 2.26. The van der Waals surface area contributed by atoms with Gasteiger partial charge in [-0.15, -0.1) is 0 Å². The van der Waals surface area contributed by atoms with Gasteiger partial charge in [0.25, 0.3) is 0 Å². The third-order valence-electron chi connectivity index (χ3n) is 3.78. The Hall–Kier alpha value is -1.30. The lowest BCUT2D eigenvalue weighted by molar-refractivity contribution is -0.137. The molecule has 0 spiro atoms. The normalized spacial score (nSPS) is 19.4. The van der Waals surface area contributed by atoms with Crippen molar-refractivity contribution in [2.24, 2.45) is 5.92 Å². The molecule has 0 aliphatic carbocycles. The highest BCUT2D eigenvalue weighted by molar-refractivity contribution is 5.75. The molecule has 0 saturated carbocycles. The molecule has 1 rings (SSSR count). The van der Waals surface area contributed by atoms with E-state index in [1.54, 1.807) is 16.8 Å². The van der Waals surface area contributed by atoms with Crippen LogP contribution in [0.15, 0.2) is 0 Å². The van der Waals surface area contributed by atoms with Crippen LogP contribution in [0.4, 0.5) is 4.79 Å². The number of carbonyl (C=O) groups is 2. The smallest absolute Gasteiger partial charge is 0.319 e. The van der Waals surface area contributed by atoms with Crippen molar-refractivity contribution < 1.29 is 14.7 Å². The molecule has 0 aromatic carbocycles. The first kappa shape index (κ1) is 16.8. The van der Waals surface area contributed by atoms with Gasteiger partial charge >= 0.3 is 12.0 Å². The van der Waals surface area contributed by atoms with Crippen molar-refractivity contribution >= 4 is 12.0 Å². The van der Waals surface area contributed by atoms with E-state index >= 15 is 0 Å². The molecule has 0 aromatic rings. The van der Waals surface area contributed by atoms with Crippen molar-refractivity contribution in [2.45, 2.75) is 32.7 Å². The number of nitrogens with zero attached hydrogens (tertiary/aromatic N) is 3. The first-order valence-corrected chi connectivity index (χ1v) is 7.23. The van der Waals surface area contributed by atoms with E-state index < -0.39 is 5.97 Å². The molecule has 6 nitrogen and oxygen atoms in total. The van der Waals surface area contributed by atoms with E-state index in [9.17, 15) is 9.59 Å². The van der Waals surface area contributed by atoms with E-state index in [1.807, 2.05) is 13.8 Å². The van der Waals surface area contributed by atoms with Crippen LogP contribution < -0.4 is 0 Å². The largest absolute Gasteiger partial charge is 0.481 e. The van der Waals surface area contributed by atoms with Gasteiger partial charge in [-0.3, -0.25) is 4.79 Å². The summed E-state index contributed by atoms with van der Waals surface area (Å²) in [5.74, 6) is -0.356. The second-order valence-electron chi connectivity index (χ2n) is 6.01. The number of carboxylic acids is 1. The van der Waals surface area contributed by atoms with Crippen molar-refractivity contribution in [1.29, 1.82) is 0 Å². The van der Waals surface area contributed by atoms with Crippen LogP contribution in [0.3, 0.4) is 0 Å². The molecule has 1 aliphatic heterocycles. The van der Waals surface area contributed by atoms with Crippen LogP contribution in [-0.2, 0) is 4.79 Å². The summed E-state index contributed by atoms with van der Waals surface area (Å²) >= 11 is 0. The molecule has 20 heavy (non-hydrogen) atoms. The number of carbonyl (C=O) groups excluding carboxylic acids is 1. The fourth-order valence-corrected chi connectivity index (χ4v) is 2.65. The molecule has 1 heterocycles. The van der Waals surface area contributed by atoms with Crippen LogP contribution in [0.25, 0.3) is 0 Å². The predicted octanol–water partition coefficient (Wildman–Crippen LogP) is 1.18. The molecule has 1 aliphatic rings. The minimum atomic E-state index is -0.872. The van der Waals surface area contributed by atoms with Gasteiger partial charge in [-0.25, -0.2) is 4.79 Å². The number of urea groups is 1. The highest BCUT2D eigenvalue weighted by atomic mass is 16.4. The van der Waals surface area contributed by atoms with Crippen molar-refractivity contribution in [1.82, 2.24) is 14.7 Å². The highest BCUT2D eigenvalue weighted by Crippen LogP contribution is 2.16. The Balaban J connectivity index is 2.52. The van der Waals surface area contributed by atoms with Crippen LogP contribution in [0.5, 0.6) is 0 Å². The topological polar surface area (TPSA) is 64.1 Å². The maximum absolute atomic E-state index is 12.4. The average molecular weight is 285 g/mol. The van der Waals surface area contributed by atoms with Gasteiger partial charge in [0.05, 0.1) is 6.42 Å². The monoisotopic (exact) mass is 285 g/mol. The van der Waals surface area contributed by atoms with E-state index in [-0.39, 0.29) is 25.0 Å². The van der Waals surface area contributed by atoms with Crippen LogP contribution in [0.1, 0.15) is 26.7 Å². The van der Waals surface area contributed by atoms with Gasteiger partial charge in [0.2, 0.25) is 0 Å². The molecule has 116 valence electrons. The van der Waals surface area contributed by atoms with Gasteiger partial charge in [-0.05, 0) is 39.8 Å². The van der Waals surface area contributed by atoms with Crippen molar-refractivity contribution in [3.8, 4) is 0 Å². The summed E-state index contributed by atoms with van der Waals surface area (Å²) in [5.41, 5.74) is 0. The van der Waals surface area contributed by atoms with Gasteiger partial charge in [0.15, 0.2) is 0 Å². The maximum Gasteiger partial charge on any atom is 0.319 e. The Bertz CT molecular complexity index is 347. The second-order valence-corrected chi connectivity index (χ2v) is 6.01. The maximum atomic E-state index is 12.4. The molecule has 1 atom stereocenters. The minimum Gasteiger partial charge on any atom is -0.481 e. The summed E-state index contributed by atoms with van der Waals surface area (Å²) in [6.07, 6.45) is 1.11. The lowest BCUT2D eigenvalue weighted by atomic mass is 10.1. The summed E-state index contributed by atoms with van der Waals surface area (Å²) in [4.78, 5) is 28.7. The lowest BCUT2D eigenvalue weighted by Crippen LogP contribution is -2.47. The quantitative estimate of drug-likeness (QED) is 0.796. The van der Waals surface area contributed by atoms with Gasteiger partial charge in [0.1, 0.15) is 0 Å². The van der Waals surface area contributed by atoms with Gasteiger partial charge in [-0.1, -0.05) is 0 Å². The summed E-state index contributed by atoms with van der Waals surface area (Å²) in [6.45, 7) is 6.93. The molecule has 0 bridgehead atoms. The SMILES string of the molecule is CC(C)N(CCC(=O)O)C(=O)N(C)CC1CCN(C)C1. The number of aliphatic carboxylic acids is 1. The minimum absolute atomic E-state index is 0.00977. The zero-order valence-electron chi connectivity index (χ0n) is 13.0. The van der Waals surface area contributed by atoms with E-state index in [2.05, 4.69) is 11.9 Å². The molecule has 0 aromatic heterocycles. The molecule has 1 saturated heterocycles. The summed E-state index contributed by atoms with van der Waals surface area (Å²) < 4.78 is 0. The summed E-state index contributed by atoms with van der Waals surface area (Å²) in [5, 5.41) is 8.77. The molecular formula is C14H27N3O3. The number of likely N-dealkylation sites (tertiary alicyclic amines) is 1. The van der Waals surface area contributed by atoms with E-state index in [1.165, 1.54) is 0 Å². The Kier molecular flexibility index (Phi) is 6.26. The standard InChI is InChI=1S/C14H27N3O3/c1-11(2)17(8-6-13(18)19)14(20)16(4)10-12-5-7-15(3)9-12/h11-12H,5-10H2,1-4H3,(H,18,19). The van der Waals surface area contributed by atoms with E-state index in [0.717, 1.165) is 26.1 Å². The number of hydrogen-bond acceptors (Lipinski definition) is 3. The molecule has 1 N–H and O–H groups in total. The van der Waals surface area contributed by atoms with Crippen molar-refractivity contribution in [3.63, 3.8) is 0 Å². The molecule has 2 amide bonds. The number of rotatable bonds is 6.